The molecule has 0 aliphatic heterocycles. The lowest BCUT2D eigenvalue weighted by Crippen LogP contribution is -2.18. The third kappa shape index (κ3) is 4.00. The number of nitrogens with zero attached hydrogens (tertiary/aromatic N) is 3. The van der Waals surface area contributed by atoms with Gasteiger partial charge < -0.3 is 10.6 Å². The minimum atomic E-state index is 0.522. The normalized spacial score (nSPS) is 10.8. The highest BCUT2D eigenvalue weighted by molar-refractivity contribution is 14.1. The van der Waals surface area contributed by atoms with Crippen LogP contribution < -0.4 is 10.6 Å². The van der Waals surface area contributed by atoms with E-state index in [2.05, 4.69) is 67.6 Å². The van der Waals surface area contributed by atoms with Gasteiger partial charge in [-0.3, -0.25) is 9.67 Å². The fourth-order valence-corrected chi connectivity index (χ4v) is 3.84. The lowest BCUT2D eigenvalue weighted by molar-refractivity contribution is 0.660. The summed E-state index contributed by atoms with van der Waals surface area (Å²) in [4.78, 5) is 4.65. The van der Waals surface area contributed by atoms with Gasteiger partial charge in [0.2, 0.25) is 0 Å². The van der Waals surface area contributed by atoms with Crippen LogP contribution in [0.15, 0.2) is 67.1 Å². The van der Waals surface area contributed by atoms with Crippen LogP contribution in [0.4, 0.5) is 11.4 Å². The second-order valence-electron chi connectivity index (χ2n) is 6.24. The molecule has 0 aliphatic rings. The van der Waals surface area contributed by atoms with E-state index in [9.17, 15) is 0 Å². The number of pyridine rings is 1. The van der Waals surface area contributed by atoms with Gasteiger partial charge in [0.25, 0.3) is 0 Å². The van der Waals surface area contributed by atoms with E-state index < -0.39 is 0 Å². The van der Waals surface area contributed by atoms with Crippen LogP contribution in [-0.4, -0.2) is 19.9 Å². The molecule has 2 aromatic heterocycles. The minimum absolute atomic E-state index is 0.522. The number of aryl methyl sites for hydroxylation is 1. The van der Waals surface area contributed by atoms with Gasteiger partial charge >= 0.3 is 0 Å². The number of aromatic nitrogens is 3. The Labute approximate surface area is 182 Å². The molecule has 28 heavy (non-hydrogen) atoms. The predicted octanol–water partition coefficient (Wildman–Crippen LogP) is 5.53. The number of benzene rings is 2. The third-order valence-corrected chi connectivity index (χ3v) is 5.51. The summed E-state index contributed by atoms with van der Waals surface area (Å²) in [6, 6.07) is 16.5. The minimum Gasteiger partial charge on any atom is -0.332 e. The molecule has 0 amide bonds. The van der Waals surface area contributed by atoms with E-state index in [4.69, 9.17) is 12.2 Å². The first kappa shape index (κ1) is 18.8. The summed E-state index contributed by atoms with van der Waals surface area (Å²) in [5.74, 6) is 0. The highest BCUT2D eigenvalue weighted by Gasteiger charge is 2.10. The average Bonchev–Trinajstić information content (AvgIpc) is 3.16. The van der Waals surface area contributed by atoms with Crippen molar-refractivity contribution in [1.82, 2.24) is 14.8 Å². The van der Waals surface area contributed by atoms with Gasteiger partial charge in [-0.15, -0.1) is 0 Å². The van der Waals surface area contributed by atoms with Crippen LogP contribution in [0.2, 0.25) is 0 Å². The molecule has 0 saturated heterocycles. The monoisotopic (exact) mass is 499 g/mol. The molecule has 7 heteroatoms. The van der Waals surface area contributed by atoms with E-state index >= 15 is 0 Å². The molecule has 2 heterocycles. The molecule has 0 fully saturated rings. The first-order chi connectivity index (χ1) is 13.6. The largest absolute Gasteiger partial charge is 0.332 e. The predicted molar refractivity (Wildman–Crippen MR) is 128 cm³/mol. The molecule has 0 saturated carbocycles. The molecule has 2 aromatic carbocycles. The van der Waals surface area contributed by atoms with E-state index in [1.807, 2.05) is 48.3 Å². The number of anilines is 2. The van der Waals surface area contributed by atoms with E-state index in [1.54, 1.807) is 6.20 Å². The van der Waals surface area contributed by atoms with Crippen molar-refractivity contribution >= 4 is 62.1 Å². The maximum atomic E-state index is 5.46. The Morgan fingerprint density at radius 1 is 1.11 bits per heavy atom. The van der Waals surface area contributed by atoms with Crippen LogP contribution in [0.25, 0.3) is 22.0 Å². The van der Waals surface area contributed by atoms with E-state index in [0.717, 1.165) is 38.1 Å². The highest BCUT2D eigenvalue weighted by Crippen LogP contribution is 2.32. The van der Waals surface area contributed by atoms with Crippen molar-refractivity contribution in [2.45, 2.75) is 13.5 Å². The smallest absolute Gasteiger partial charge is 0.175 e. The van der Waals surface area contributed by atoms with Gasteiger partial charge in [0, 0.05) is 39.1 Å². The number of hydrogen-bond acceptors (Lipinski definition) is 3. The number of thiocarbonyl (C=S) groups is 1. The summed E-state index contributed by atoms with van der Waals surface area (Å²) < 4.78 is 2.98. The molecule has 0 spiro atoms. The maximum Gasteiger partial charge on any atom is 0.175 e. The molecule has 0 aliphatic carbocycles. The van der Waals surface area contributed by atoms with E-state index in [-0.39, 0.29) is 0 Å². The lowest BCUT2D eigenvalue weighted by atomic mass is 10.0. The zero-order valence-electron chi connectivity index (χ0n) is 15.2. The van der Waals surface area contributed by atoms with Crippen LogP contribution in [0.3, 0.4) is 0 Å². The van der Waals surface area contributed by atoms with Crippen molar-refractivity contribution in [3.63, 3.8) is 0 Å². The standard InChI is InChI=1S/C21H18IN5S/c1-2-27-13-16(12-24-27)26-21(28)25-15-7-8-19(22)18(11-15)20-17-6-4-3-5-14(17)9-10-23-20/h3-13H,2H2,1H3,(H2,25,26,28). The summed E-state index contributed by atoms with van der Waals surface area (Å²) in [6.45, 7) is 2.86. The van der Waals surface area contributed by atoms with Crippen LogP contribution >= 0.6 is 34.8 Å². The molecule has 4 rings (SSSR count). The Hall–Kier alpha value is -2.52. The second kappa shape index (κ2) is 8.24. The Bertz CT molecular complexity index is 1150. The van der Waals surface area contributed by atoms with Crippen molar-refractivity contribution in [3.05, 3.63) is 70.7 Å². The lowest BCUT2D eigenvalue weighted by Gasteiger charge is -2.13. The Kier molecular flexibility index (Phi) is 5.54. The maximum absolute atomic E-state index is 5.46. The summed E-state index contributed by atoms with van der Waals surface area (Å²) in [6.07, 6.45) is 5.54. The summed E-state index contributed by atoms with van der Waals surface area (Å²) in [7, 11) is 0. The molecule has 0 bridgehead atoms. The first-order valence-corrected chi connectivity index (χ1v) is 10.4. The number of nitrogens with one attached hydrogen (secondary N) is 2. The quantitative estimate of drug-likeness (QED) is 0.286. The fourth-order valence-electron chi connectivity index (χ4n) is 3.01. The van der Waals surface area contributed by atoms with Gasteiger partial charge in [0.05, 0.1) is 17.6 Å². The number of halogens is 1. The topological polar surface area (TPSA) is 54.8 Å². The molecular weight excluding hydrogens is 481 g/mol. The fraction of sp³-hybridized carbons (Fsp3) is 0.0952. The van der Waals surface area contributed by atoms with E-state index in [0.29, 0.717) is 5.11 Å². The Morgan fingerprint density at radius 2 is 1.93 bits per heavy atom. The zero-order valence-corrected chi connectivity index (χ0v) is 18.2. The van der Waals surface area contributed by atoms with Crippen LogP contribution in [0.5, 0.6) is 0 Å². The Balaban J connectivity index is 1.61. The van der Waals surface area contributed by atoms with Crippen molar-refractivity contribution in [1.29, 1.82) is 0 Å². The van der Waals surface area contributed by atoms with Crippen molar-refractivity contribution in [2.75, 3.05) is 10.6 Å². The number of hydrogen-bond donors (Lipinski definition) is 2. The second-order valence-corrected chi connectivity index (χ2v) is 7.81. The molecule has 0 unspecified atom stereocenters. The average molecular weight is 499 g/mol. The molecule has 4 aromatic rings. The van der Waals surface area contributed by atoms with Gasteiger partial charge in [-0.25, -0.2) is 0 Å². The molecule has 0 radical (unpaired) electrons. The number of rotatable bonds is 4. The van der Waals surface area contributed by atoms with Crippen molar-refractivity contribution in [2.24, 2.45) is 0 Å². The number of fused-ring (bicyclic) bond motifs is 1. The molecular formula is C21H18IN5S. The van der Waals surface area contributed by atoms with Crippen molar-refractivity contribution in [3.8, 4) is 11.3 Å². The van der Waals surface area contributed by atoms with Crippen molar-refractivity contribution < 1.29 is 0 Å². The molecule has 140 valence electrons. The van der Waals surface area contributed by atoms with Gasteiger partial charge in [-0.05, 0) is 71.4 Å². The molecule has 5 nitrogen and oxygen atoms in total. The van der Waals surface area contributed by atoms with Gasteiger partial charge in [0.1, 0.15) is 0 Å². The summed E-state index contributed by atoms with van der Waals surface area (Å²) in [5, 5.41) is 13.5. The van der Waals surface area contributed by atoms with Crippen LogP contribution in [-0.2, 0) is 6.54 Å². The third-order valence-electron chi connectivity index (χ3n) is 4.37. The molecule has 2 N–H and O–H groups in total. The summed E-state index contributed by atoms with van der Waals surface area (Å²) >= 11 is 7.80. The molecule has 0 atom stereocenters. The van der Waals surface area contributed by atoms with Gasteiger partial charge in [-0.1, -0.05) is 24.3 Å². The van der Waals surface area contributed by atoms with Gasteiger partial charge in [-0.2, -0.15) is 5.10 Å². The highest BCUT2D eigenvalue weighted by atomic mass is 127. The van der Waals surface area contributed by atoms with Gasteiger partial charge in [0.15, 0.2) is 5.11 Å². The van der Waals surface area contributed by atoms with Crippen LogP contribution in [0, 0.1) is 3.57 Å². The Morgan fingerprint density at radius 3 is 2.75 bits per heavy atom. The zero-order chi connectivity index (χ0) is 19.5. The van der Waals surface area contributed by atoms with Crippen LogP contribution in [0.1, 0.15) is 6.92 Å². The van der Waals surface area contributed by atoms with E-state index in [1.165, 1.54) is 5.39 Å². The SMILES string of the molecule is CCn1cc(NC(=S)Nc2ccc(I)c(-c3nccc4ccccc34)c2)cn1. The summed E-state index contributed by atoms with van der Waals surface area (Å²) in [5.41, 5.74) is 3.81. The first-order valence-electron chi connectivity index (χ1n) is 8.88.